The predicted molar refractivity (Wildman–Crippen MR) is 135 cm³/mol. The number of carbonyl (C=O) groups excluding carboxylic acids is 1. The molecule has 37 heavy (non-hydrogen) atoms. The number of aromatic nitrogens is 3. The summed E-state index contributed by atoms with van der Waals surface area (Å²) in [6.45, 7) is 1.79. The summed E-state index contributed by atoms with van der Waals surface area (Å²) < 4.78 is 47.3. The second-order valence-corrected chi connectivity index (χ2v) is 8.52. The first-order valence-electron chi connectivity index (χ1n) is 11.3. The Hall–Kier alpha value is -4.66. The zero-order valence-electron chi connectivity index (χ0n) is 19.9. The fourth-order valence-electron chi connectivity index (χ4n) is 3.91. The zero-order chi connectivity index (χ0) is 26.2. The SMILES string of the molecule is Cc1ccc(Oc2cc(-c3cccnc3)nc3c2ccn3C)cc1NC(=O)c1cccc(C(F)(F)F)c1. The average molecular weight is 502 g/mol. The topological polar surface area (TPSA) is 69.0 Å². The molecule has 0 saturated heterocycles. The van der Waals surface area contributed by atoms with E-state index in [1.165, 1.54) is 12.1 Å². The number of hydrogen-bond donors (Lipinski definition) is 1. The lowest BCUT2D eigenvalue weighted by atomic mass is 10.1. The number of rotatable bonds is 5. The Morgan fingerprint density at radius 1 is 1.03 bits per heavy atom. The number of amides is 1. The number of pyridine rings is 2. The molecule has 6 nitrogen and oxygen atoms in total. The van der Waals surface area contributed by atoms with Gasteiger partial charge < -0.3 is 14.6 Å². The molecule has 186 valence electrons. The Bertz CT molecular complexity index is 1610. The number of alkyl halides is 3. The summed E-state index contributed by atoms with van der Waals surface area (Å²) in [5.41, 5.74) is 2.40. The highest BCUT2D eigenvalue weighted by Gasteiger charge is 2.31. The number of nitrogens with one attached hydrogen (secondary N) is 1. The Kier molecular flexibility index (Phi) is 6.12. The molecule has 2 aromatic carbocycles. The van der Waals surface area contributed by atoms with E-state index >= 15 is 0 Å². The first kappa shape index (κ1) is 24.1. The van der Waals surface area contributed by atoms with Gasteiger partial charge in [-0.05, 0) is 55.0 Å². The van der Waals surface area contributed by atoms with Crippen molar-refractivity contribution in [3.05, 3.63) is 102 Å². The quantitative estimate of drug-likeness (QED) is 0.281. The van der Waals surface area contributed by atoms with Crippen LogP contribution in [-0.4, -0.2) is 20.4 Å². The van der Waals surface area contributed by atoms with Crippen molar-refractivity contribution in [2.45, 2.75) is 13.1 Å². The van der Waals surface area contributed by atoms with Gasteiger partial charge in [-0.15, -0.1) is 0 Å². The van der Waals surface area contributed by atoms with Crippen molar-refractivity contribution < 1.29 is 22.7 Å². The molecule has 0 atom stereocenters. The molecule has 3 aromatic heterocycles. The highest BCUT2D eigenvalue weighted by molar-refractivity contribution is 6.04. The number of nitrogens with zero attached hydrogens (tertiary/aromatic N) is 3. The molecular formula is C28H21F3N4O2. The van der Waals surface area contributed by atoms with E-state index in [0.717, 1.165) is 34.3 Å². The van der Waals surface area contributed by atoms with Crippen molar-refractivity contribution in [1.29, 1.82) is 0 Å². The molecule has 0 radical (unpaired) electrons. The van der Waals surface area contributed by atoms with Crippen molar-refractivity contribution in [2.24, 2.45) is 7.05 Å². The van der Waals surface area contributed by atoms with E-state index in [9.17, 15) is 18.0 Å². The molecule has 0 spiro atoms. The summed E-state index contributed by atoms with van der Waals surface area (Å²) in [7, 11) is 1.89. The van der Waals surface area contributed by atoms with Crippen LogP contribution in [0, 0.1) is 6.92 Å². The predicted octanol–water partition coefficient (Wildman–Crippen LogP) is 7.01. The van der Waals surface area contributed by atoms with E-state index in [1.807, 2.05) is 42.1 Å². The van der Waals surface area contributed by atoms with Crippen LogP contribution in [0.4, 0.5) is 18.9 Å². The highest BCUT2D eigenvalue weighted by Crippen LogP contribution is 2.35. The normalized spacial score (nSPS) is 11.5. The summed E-state index contributed by atoms with van der Waals surface area (Å²) in [4.78, 5) is 21.7. The maximum atomic E-state index is 13.1. The molecule has 0 aliphatic rings. The molecule has 1 amide bonds. The number of carbonyl (C=O) groups is 1. The standard InChI is InChI=1S/C28H21F3N4O2/c1-17-8-9-21(14-23(17)34-27(36)18-5-3-7-20(13-18)28(29,30)31)37-25-15-24(19-6-4-11-32-16-19)33-26-22(25)10-12-35(26)2/h3-16H,1-2H3,(H,34,36). The van der Waals surface area contributed by atoms with Crippen LogP contribution in [0.3, 0.4) is 0 Å². The number of halogens is 3. The van der Waals surface area contributed by atoms with Gasteiger partial charge in [0.05, 0.1) is 16.6 Å². The van der Waals surface area contributed by atoms with Crippen molar-refractivity contribution in [3.63, 3.8) is 0 Å². The van der Waals surface area contributed by atoms with Gasteiger partial charge >= 0.3 is 6.18 Å². The maximum absolute atomic E-state index is 13.1. The molecule has 9 heteroatoms. The molecule has 0 unspecified atom stereocenters. The summed E-state index contributed by atoms with van der Waals surface area (Å²) in [5.74, 6) is 0.349. The van der Waals surface area contributed by atoms with Crippen LogP contribution < -0.4 is 10.1 Å². The Morgan fingerprint density at radius 2 is 1.86 bits per heavy atom. The lowest BCUT2D eigenvalue weighted by Crippen LogP contribution is -2.14. The minimum Gasteiger partial charge on any atom is -0.456 e. The number of ether oxygens (including phenoxy) is 1. The third-order valence-electron chi connectivity index (χ3n) is 5.89. The van der Waals surface area contributed by atoms with Crippen LogP contribution in [0.5, 0.6) is 11.5 Å². The fraction of sp³-hybridized carbons (Fsp3) is 0.107. The summed E-state index contributed by atoms with van der Waals surface area (Å²) >= 11 is 0. The van der Waals surface area contributed by atoms with Crippen molar-refractivity contribution >= 4 is 22.6 Å². The van der Waals surface area contributed by atoms with Crippen LogP contribution >= 0.6 is 0 Å². The summed E-state index contributed by atoms with van der Waals surface area (Å²) in [5, 5.41) is 3.50. The lowest BCUT2D eigenvalue weighted by Gasteiger charge is -2.14. The van der Waals surface area contributed by atoms with Gasteiger partial charge in [0.25, 0.3) is 5.91 Å². The van der Waals surface area contributed by atoms with Gasteiger partial charge in [0.15, 0.2) is 0 Å². The number of benzene rings is 2. The van der Waals surface area contributed by atoms with Gasteiger partial charge in [0, 0.05) is 54.6 Å². The molecule has 0 fully saturated rings. The molecule has 0 aliphatic carbocycles. The molecule has 0 bridgehead atoms. The Balaban J connectivity index is 1.46. The van der Waals surface area contributed by atoms with Crippen LogP contribution in [0.25, 0.3) is 22.3 Å². The van der Waals surface area contributed by atoms with Gasteiger partial charge in [-0.1, -0.05) is 12.1 Å². The third kappa shape index (κ3) is 5.02. The van der Waals surface area contributed by atoms with Crippen molar-refractivity contribution in [1.82, 2.24) is 14.5 Å². The van der Waals surface area contributed by atoms with Crippen LogP contribution in [0.2, 0.25) is 0 Å². The molecule has 3 heterocycles. The Labute approximate surface area is 210 Å². The average Bonchev–Trinajstić information content (AvgIpc) is 3.27. The van der Waals surface area contributed by atoms with Gasteiger partial charge in [0.1, 0.15) is 17.1 Å². The second-order valence-electron chi connectivity index (χ2n) is 8.52. The van der Waals surface area contributed by atoms with E-state index in [-0.39, 0.29) is 5.56 Å². The van der Waals surface area contributed by atoms with E-state index in [1.54, 1.807) is 37.5 Å². The minimum atomic E-state index is -4.54. The van der Waals surface area contributed by atoms with Crippen molar-refractivity contribution in [2.75, 3.05) is 5.32 Å². The molecule has 0 aliphatic heterocycles. The number of fused-ring (bicyclic) bond motifs is 1. The first-order chi connectivity index (χ1) is 17.7. The van der Waals surface area contributed by atoms with Crippen molar-refractivity contribution in [3.8, 4) is 22.8 Å². The molecule has 1 N–H and O–H groups in total. The van der Waals surface area contributed by atoms with E-state index in [0.29, 0.717) is 22.9 Å². The fourth-order valence-corrected chi connectivity index (χ4v) is 3.91. The van der Waals surface area contributed by atoms with Gasteiger partial charge in [-0.25, -0.2) is 4.98 Å². The van der Waals surface area contributed by atoms with Crippen LogP contribution in [-0.2, 0) is 13.2 Å². The van der Waals surface area contributed by atoms with E-state index in [2.05, 4.69) is 10.3 Å². The van der Waals surface area contributed by atoms with Gasteiger partial charge in [-0.3, -0.25) is 9.78 Å². The zero-order valence-corrected chi connectivity index (χ0v) is 19.9. The molecule has 5 aromatic rings. The molecule has 0 saturated carbocycles. The number of anilines is 1. The monoisotopic (exact) mass is 502 g/mol. The molecule has 5 rings (SSSR count). The molecular weight excluding hydrogens is 481 g/mol. The third-order valence-corrected chi connectivity index (χ3v) is 5.89. The largest absolute Gasteiger partial charge is 0.456 e. The summed E-state index contributed by atoms with van der Waals surface area (Å²) in [6.07, 6.45) is 0.743. The lowest BCUT2D eigenvalue weighted by molar-refractivity contribution is -0.137. The van der Waals surface area contributed by atoms with Crippen LogP contribution in [0.1, 0.15) is 21.5 Å². The number of aryl methyl sites for hydroxylation is 2. The minimum absolute atomic E-state index is 0.0956. The maximum Gasteiger partial charge on any atom is 0.416 e. The Morgan fingerprint density at radius 3 is 2.62 bits per heavy atom. The van der Waals surface area contributed by atoms with Crippen LogP contribution in [0.15, 0.2) is 85.3 Å². The first-order valence-corrected chi connectivity index (χ1v) is 11.3. The summed E-state index contributed by atoms with van der Waals surface area (Å²) in [6, 6.07) is 16.9. The van der Waals surface area contributed by atoms with Gasteiger partial charge in [-0.2, -0.15) is 13.2 Å². The smallest absolute Gasteiger partial charge is 0.416 e. The number of hydrogen-bond acceptors (Lipinski definition) is 4. The second kappa shape index (κ2) is 9.42. The van der Waals surface area contributed by atoms with Gasteiger partial charge in [0.2, 0.25) is 0 Å². The highest BCUT2D eigenvalue weighted by atomic mass is 19.4. The van der Waals surface area contributed by atoms with E-state index < -0.39 is 17.6 Å². The van der Waals surface area contributed by atoms with E-state index in [4.69, 9.17) is 9.72 Å².